The molecule has 0 spiro atoms. The van der Waals surface area contributed by atoms with Gasteiger partial charge in [0.25, 0.3) is 0 Å². The lowest BCUT2D eigenvalue weighted by Crippen LogP contribution is -2.33. The molecule has 0 bridgehead atoms. The van der Waals surface area contributed by atoms with E-state index in [0.717, 1.165) is 32.1 Å². The van der Waals surface area contributed by atoms with Crippen molar-refractivity contribution < 1.29 is 24.2 Å². The Labute approximate surface area is 212 Å². The summed E-state index contributed by atoms with van der Waals surface area (Å²) in [4.78, 5) is 23.1. The van der Waals surface area contributed by atoms with Crippen LogP contribution in [0.15, 0.2) is 34.9 Å². The number of hydrogen-bond acceptors (Lipinski definition) is 5. The highest BCUT2D eigenvalue weighted by atomic mass is 16.6. The van der Waals surface area contributed by atoms with Crippen LogP contribution in [0.4, 0.5) is 0 Å². The molecule has 0 amide bonds. The Morgan fingerprint density at radius 1 is 1.17 bits per heavy atom. The molecule has 3 aliphatic carbocycles. The van der Waals surface area contributed by atoms with Gasteiger partial charge < -0.3 is 14.6 Å². The fourth-order valence-electron chi connectivity index (χ4n) is 6.75. The molecule has 5 nitrogen and oxygen atoms in total. The first-order chi connectivity index (χ1) is 16.4. The average Bonchev–Trinajstić information content (AvgIpc) is 3.07. The number of aliphatic hydroxyl groups is 1. The number of hydrogen-bond donors (Lipinski definition) is 1. The Kier molecular flexibility index (Phi) is 9.06. The predicted octanol–water partition coefficient (Wildman–Crippen LogP) is 6.60. The third-order valence-corrected chi connectivity index (χ3v) is 8.27. The Morgan fingerprint density at radius 3 is 2.37 bits per heavy atom. The van der Waals surface area contributed by atoms with Crippen LogP contribution < -0.4 is 0 Å². The molecule has 5 atom stereocenters. The van der Waals surface area contributed by atoms with Gasteiger partial charge in [-0.15, -0.1) is 0 Å². The van der Waals surface area contributed by atoms with E-state index in [2.05, 4.69) is 32.1 Å². The summed E-state index contributed by atoms with van der Waals surface area (Å²) in [5.41, 5.74) is 3.93. The van der Waals surface area contributed by atoms with E-state index in [9.17, 15) is 14.7 Å². The average molecular weight is 487 g/mol. The zero-order chi connectivity index (χ0) is 25.8. The number of esters is 2. The van der Waals surface area contributed by atoms with Crippen molar-refractivity contribution in [3.05, 3.63) is 34.9 Å². The SMILES string of the molecule is CC(=O)OC1C/C(=C/C=C2\CCC[C@]3(C)C(C(C)CCCC(C)(C)O)=CCC23)C[C@@H](OC(C)=O)C1. The summed E-state index contributed by atoms with van der Waals surface area (Å²) in [6.45, 7) is 11.5. The first-order valence-corrected chi connectivity index (χ1v) is 13.5. The van der Waals surface area contributed by atoms with Gasteiger partial charge in [-0.2, -0.15) is 0 Å². The Bertz CT molecular complexity index is 848. The molecule has 1 N–H and O–H groups in total. The van der Waals surface area contributed by atoms with Crippen molar-refractivity contribution in [1.29, 1.82) is 0 Å². The predicted molar refractivity (Wildman–Crippen MR) is 139 cm³/mol. The van der Waals surface area contributed by atoms with E-state index in [1.165, 1.54) is 37.8 Å². The lowest BCUT2D eigenvalue weighted by Gasteiger charge is -2.42. The lowest BCUT2D eigenvalue weighted by molar-refractivity contribution is -0.154. The molecule has 3 rings (SSSR count). The number of rotatable bonds is 8. The van der Waals surface area contributed by atoms with Gasteiger partial charge in [-0.05, 0) is 69.6 Å². The summed E-state index contributed by atoms with van der Waals surface area (Å²) < 4.78 is 11.0. The van der Waals surface area contributed by atoms with Gasteiger partial charge >= 0.3 is 11.9 Å². The van der Waals surface area contributed by atoms with Gasteiger partial charge in [0.1, 0.15) is 12.2 Å². The maximum Gasteiger partial charge on any atom is 0.302 e. The molecular weight excluding hydrogens is 440 g/mol. The van der Waals surface area contributed by atoms with Crippen LogP contribution >= 0.6 is 0 Å². The Hall–Kier alpha value is -1.88. The second-order valence-corrected chi connectivity index (χ2v) is 12.0. The van der Waals surface area contributed by atoms with Gasteiger partial charge in [-0.25, -0.2) is 0 Å². The van der Waals surface area contributed by atoms with E-state index in [1.807, 2.05) is 13.8 Å². The molecule has 2 fully saturated rings. The largest absolute Gasteiger partial charge is 0.462 e. The minimum atomic E-state index is -0.591. The Morgan fingerprint density at radius 2 is 1.80 bits per heavy atom. The number of carbonyl (C=O) groups excluding carboxylic acids is 2. The molecule has 0 aromatic heterocycles. The van der Waals surface area contributed by atoms with Crippen LogP contribution in [0, 0.1) is 17.3 Å². The molecule has 3 aliphatic rings. The first kappa shape index (κ1) is 27.7. The lowest BCUT2D eigenvalue weighted by atomic mass is 9.62. The van der Waals surface area contributed by atoms with Crippen molar-refractivity contribution in [2.75, 3.05) is 0 Å². The maximum atomic E-state index is 11.5. The number of fused-ring (bicyclic) bond motifs is 1. The summed E-state index contributed by atoms with van der Waals surface area (Å²) >= 11 is 0. The molecule has 0 aromatic carbocycles. The third kappa shape index (κ3) is 7.55. The van der Waals surface area contributed by atoms with Crippen LogP contribution in [-0.2, 0) is 19.1 Å². The van der Waals surface area contributed by atoms with E-state index < -0.39 is 5.60 Å². The summed E-state index contributed by atoms with van der Waals surface area (Å²) in [5, 5.41) is 10.1. The number of carbonyl (C=O) groups is 2. The quantitative estimate of drug-likeness (QED) is 0.309. The Balaban J connectivity index is 1.71. The van der Waals surface area contributed by atoms with Gasteiger partial charge in [0.15, 0.2) is 0 Å². The van der Waals surface area contributed by atoms with E-state index in [0.29, 0.717) is 31.1 Å². The minimum absolute atomic E-state index is 0.212. The molecule has 0 aromatic rings. The summed E-state index contributed by atoms with van der Waals surface area (Å²) in [7, 11) is 0. The summed E-state index contributed by atoms with van der Waals surface area (Å²) in [6.07, 6.45) is 16.2. The van der Waals surface area contributed by atoms with Gasteiger partial charge in [0, 0.05) is 33.1 Å². The highest BCUT2D eigenvalue weighted by molar-refractivity contribution is 5.67. The molecule has 35 heavy (non-hydrogen) atoms. The normalized spacial score (nSPS) is 32.2. The van der Waals surface area contributed by atoms with Crippen molar-refractivity contribution in [2.24, 2.45) is 17.3 Å². The molecule has 0 saturated heterocycles. The van der Waals surface area contributed by atoms with Crippen LogP contribution in [0.2, 0.25) is 0 Å². The molecule has 0 heterocycles. The number of allylic oxidation sites excluding steroid dienone is 5. The van der Waals surface area contributed by atoms with Crippen LogP contribution in [0.3, 0.4) is 0 Å². The van der Waals surface area contributed by atoms with Crippen molar-refractivity contribution in [2.45, 2.75) is 124 Å². The second kappa shape index (κ2) is 11.5. The maximum absolute atomic E-state index is 11.5. The first-order valence-electron chi connectivity index (χ1n) is 13.5. The monoisotopic (exact) mass is 486 g/mol. The third-order valence-electron chi connectivity index (χ3n) is 8.27. The van der Waals surface area contributed by atoms with Crippen LogP contribution in [-0.4, -0.2) is 34.9 Å². The van der Waals surface area contributed by atoms with E-state index >= 15 is 0 Å². The standard InChI is InChI=1S/C30H46O5/c1-20(9-7-15-29(4,5)33)27-13-14-28-24(10-8-16-30(27,28)6)12-11-23-17-25(34-21(2)31)19-26(18-23)35-22(3)32/h11-13,20,25-26,28,33H,7-10,14-19H2,1-6H3/b23-11-,24-12+/t20?,25?,26-,28?,30-/m1/s1. The highest BCUT2D eigenvalue weighted by Crippen LogP contribution is 2.57. The second-order valence-electron chi connectivity index (χ2n) is 12.0. The highest BCUT2D eigenvalue weighted by Gasteiger charge is 2.45. The summed E-state index contributed by atoms with van der Waals surface area (Å²) in [5.74, 6) is 0.496. The molecule has 3 unspecified atom stereocenters. The van der Waals surface area contributed by atoms with Crippen molar-refractivity contribution in [3.8, 4) is 0 Å². The van der Waals surface area contributed by atoms with Gasteiger partial charge in [0.2, 0.25) is 0 Å². The fourth-order valence-corrected chi connectivity index (χ4v) is 6.75. The van der Waals surface area contributed by atoms with Gasteiger partial charge in [-0.1, -0.05) is 55.2 Å². The van der Waals surface area contributed by atoms with Crippen LogP contribution in [0.25, 0.3) is 0 Å². The van der Waals surface area contributed by atoms with E-state index in [4.69, 9.17) is 9.47 Å². The molecule has 0 radical (unpaired) electrons. The van der Waals surface area contributed by atoms with Crippen LogP contribution in [0.5, 0.6) is 0 Å². The van der Waals surface area contributed by atoms with Gasteiger partial charge in [-0.3, -0.25) is 9.59 Å². The molecule has 2 saturated carbocycles. The van der Waals surface area contributed by atoms with E-state index in [1.54, 1.807) is 5.57 Å². The van der Waals surface area contributed by atoms with Crippen molar-refractivity contribution in [3.63, 3.8) is 0 Å². The topological polar surface area (TPSA) is 72.8 Å². The molecule has 5 heteroatoms. The smallest absolute Gasteiger partial charge is 0.302 e. The molecule has 196 valence electrons. The zero-order valence-electron chi connectivity index (χ0n) is 22.7. The zero-order valence-corrected chi connectivity index (χ0v) is 22.7. The minimum Gasteiger partial charge on any atom is -0.462 e. The van der Waals surface area contributed by atoms with E-state index in [-0.39, 0.29) is 29.6 Å². The molecular formula is C30H46O5. The number of ether oxygens (including phenoxy) is 2. The van der Waals surface area contributed by atoms with Crippen molar-refractivity contribution >= 4 is 11.9 Å². The molecule has 0 aliphatic heterocycles. The van der Waals surface area contributed by atoms with Gasteiger partial charge in [0.05, 0.1) is 5.60 Å². The van der Waals surface area contributed by atoms with Crippen LogP contribution in [0.1, 0.15) is 106 Å². The van der Waals surface area contributed by atoms with Crippen molar-refractivity contribution in [1.82, 2.24) is 0 Å². The summed E-state index contributed by atoms with van der Waals surface area (Å²) in [6, 6.07) is 0. The fraction of sp³-hybridized carbons (Fsp3) is 0.733.